The highest BCUT2D eigenvalue weighted by molar-refractivity contribution is 5.64. The summed E-state index contributed by atoms with van der Waals surface area (Å²) >= 11 is 0. The van der Waals surface area contributed by atoms with Crippen LogP contribution >= 0.6 is 0 Å². The summed E-state index contributed by atoms with van der Waals surface area (Å²) in [5, 5.41) is 9.62. The average Bonchev–Trinajstić information content (AvgIpc) is 2.54. The van der Waals surface area contributed by atoms with Gasteiger partial charge in [-0.05, 0) is 36.8 Å². The van der Waals surface area contributed by atoms with Crippen LogP contribution in [0.3, 0.4) is 0 Å². The predicted octanol–water partition coefficient (Wildman–Crippen LogP) is 2.32. The van der Waals surface area contributed by atoms with Gasteiger partial charge in [-0.15, -0.1) is 0 Å². The third-order valence-corrected chi connectivity index (χ3v) is 4.33. The number of hydrogen-bond donors (Lipinski definition) is 1. The standard InChI is InChI=1S/C18H19N3O2/c1-12-19-8-15-10-21(5-4-17(15)20-12)9-13-6-14-7-16(22)2-3-18(14)23-11-13/h2-3,6-8,22H,4-5,9-11H2,1H3. The van der Waals surface area contributed by atoms with Gasteiger partial charge in [0, 0.05) is 49.1 Å². The van der Waals surface area contributed by atoms with Gasteiger partial charge < -0.3 is 9.84 Å². The molecule has 118 valence electrons. The van der Waals surface area contributed by atoms with E-state index in [0.717, 1.165) is 43.2 Å². The van der Waals surface area contributed by atoms with Crippen molar-refractivity contribution >= 4 is 6.08 Å². The van der Waals surface area contributed by atoms with Crippen LogP contribution < -0.4 is 4.74 Å². The summed E-state index contributed by atoms with van der Waals surface area (Å²) in [4.78, 5) is 11.2. The Morgan fingerprint density at radius 1 is 1.35 bits per heavy atom. The monoisotopic (exact) mass is 309 g/mol. The zero-order valence-electron chi connectivity index (χ0n) is 13.1. The first-order chi connectivity index (χ1) is 11.2. The van der Waals surface area contributed by atoms with E-state index in [4.69, 9.17) is 4.74 Å². The second-order valence-corrected chi connectivity index (χ2v) is 6.16. The van der Waals surface area contributed by atoms with Gasteiger partial charge in [0.15, 0.2) is 0 Å². The van der Waals surface area contributed by atoms with Crippen molar-refractivity contribution in [2.24, 2.45) is 0 Å². The molecule has 2 aliphatic rings. The van der Waals surface area contributed by atoms with Crippen molar-refractivity contribution in [2.75, 3.05) is 19.7 Å². The molecule has 0 amide bonds. The van der Waals surface area contributed by atoms with Crippen LogP contribution in [-0.4, -0.2) is 39.7 Å². The number of phenols is 1. The molecule has 5 nitrogen and oxygen atoms in total. The highest BCUT2D eigenvalue weighted by atomic mass is 16.5. The van der Waals surface area contributed by atoms with E-state index in [1.54, 1.807) is 12.1 Å². The van der Waals surface area contributed by atoms with E-state index in [9.17, 15) is 5.11 Å². The van der Waals surface area contributed by atoms with Gasteiger partial charge in [-0.25, -0.2) is 9.97 Å². The summed E-state index contributed by atoms with van der Waals surface area (Å²) in [5.41, 5.74) is 4.57. The zero-order chi connectivity index (χ0) is 15.8. The molecule has 5 heteroatoms. The van der Waals surface area contributed by atoms with Gasteiger partial charge >= 0.3 is 0 Å². The van der Waals surface area contributed by atoms with E-state index in [0.29, 0.717) is 6.61 Å². The smallest absolute Gasteiger partial charge is 0.127 e. The fourth-order valence-electron chi connectivity index (χ4n) is 3.20. The second kappa shape index (κ2) is 5.66. The van der Waals surface area contributed by atoms with Crippen molar-refractivity contribution in [3.63, 3.8) is 0 Å². The van der Waals surface area contributed by atoms with Crippen LogP contribution in [0.1, 0.15) is 22.6 Å². The predicted molar refractivity (Wildman–Crippen MR) is 87.3 cm³/mol. The molecule has 1 aromatic heterocycles. The molecule has 0 spiro atoms. The highest BCUT2D eigenvalue weighted by Crippen LogP contribution is 2.30. The molecule has 0 saturated carbocycles. The summed E-state index contributed by atoms with van der Waals surface area (Å²) in [6, 6.07) is 5.21. The molecular formula is C18H19N3O2. The molecule has 0 atom stereocenters. The minimum absolute atomic E-state index is 0.268. The van der Waals surface area contributed by atoms with Crippen molar-refractivity contribution in [1.29, 1.82) is 0 Å². The van der Waals surface area contributed by atoms with Crippen LogP contribution in [0.25, 0.3) is 6.08 Å². The summed E-state index contributed by atoms with van der Waals surface area (Å²) < 4.78 is 5.79. The van der Waals surface area contributed by atoms with Crippen LogP contribution in [0.2, 0.25) is 0 Å². The Hall–Kier alpha value is -2.40. The maximum Gasteiger partial charge on any atom is 0.127 e. The molecule has 2 aliphatic heterocycles. The van der Waals surface area contributed by atoms with Crippen molar-refractivity contribution in [2.45, 2.75) is 19.9 Å². The van der Waals surface area contributed by atoms with Gasteiger partial charge in [-0.3, -0.25) is 4.90 Å². The van der Waals surface area contributed by atoms with Crippen molar-refractivity contribution < 1.29 is 9.84 Å². The molecule has 0 bridgehead atoms. The topological polar surface area (TPSA) is 58.5 Å². The number of aromatic hydroxyl groups is 1. The Morgan fingerprint density at radius 3 is 3.17 bits per heavy atom. The first kappa shape index (κ1) is 14.2. The maximum absolute atomic E-state index is 9.62. The van der Waals surface area contributed by atoms with E-state index in [2.05, 4.69) is 20.9 Å². The van der Waals surface area contributed by atoms with Gasteiger partial charge in [0.05, 0.1) is 0 Å². The molecule has 0 radical (unpaired) electrons. The molecule has 0 fully saturated rings. The third kappa shape index (κ3) is 2.92. The minimum atomic E-state index is 0.268. The number of nitrogens with zero attached hydrogens (tertiary/aromatic N) is 3. The molecule has 23 heavy (non-hydrogen) atoms. The largest absolute Gasteiger partial charge is 0.508 e. The molecule has 0 aliphatic carbocycles. The molecule has 0 unspecified atom stereocenters. The Kier molecular flexibility index (Phi) is 3.50. The molecule has 1 aromatic carbocycles. The summed E-state index contributed by atoms with van der Waals surface area (Å²) in [6.45, 7) is 5.27. The normalized spacial score (nSPS) is 17.0. The number of ether oxygens (including phenoxy) is 1. The Morgan fingerprint density at radius 2 is 2.26 bits per heavy atom. The lowest BCUT2D eigenvalue weighted by Gasteiger charge is -2.29. The zero-order valence-corrected chi connectivity index (χ0v) is 13.1. The third-order valence-electron chi connectivity index (χ3n) is 4.33. The maximum atomic E-state index is 9.62. The number of aryl methyl sites for hydroxylation is 1. The Labute approximate surface area is 135 Å². The van der Waals surface area contributed by atoms with Gasteiger partial charge in [0.1, 0.15) is 23.9 Å². The number of benzene rings is 1. The second-order valence-electron chi connectivity index (χ2n) is 6.16. The molecule has 0 saturated heterocycles. The van der Waals surface area contributed by atoms with Gasteiger partial charge in [0.25, 0.3) is 0 Å². The lowest BCUT2D eigenvalue weighted by molar-refractivity contribution is 0.254. The van der Waals surface area contributed by atoms with Crippen molar-refractivity contribution in [1.82, 2.24) is 14.9 Å². The first-order valence-electron chi connectivity index (χ1n) is 7.86. The molecular weight excluding hydrogens is 290 g/mol. The van der Waals surface area contributed by atoms with Crippen LogP contribution in [0.5, 0.6) is 11.5 Å². The van der Waals surface area contributed by atoms with Gasteiger partial charge in [-0.2, -0.15) is 0 Å². The number of fused-ring (bicyclic) bond motifs is 2. The first-order valence-corrected chi connectivity index (χ1v) is 7.86. The van der Waals surface area contributed by atoms with E-state index in [-0.39, 0.29) is 5.75 Å². The fourth-order valence-corrected chi connectivity index (χ4v) is 3.20. The van der Waals surface area contributed by atoms with Crippen LogP contribution in [0.15, 0.2) is 30.0 Å². The number of aromatic nitrogens is 2. The van der Waals surface area contributed by atoms with Gasteiger partial charge in [0.2, 0.25) is 0 Å². The average molecular weight is 309 g/mol. The molecule has 4 rings (SSSR count). The highest BCUT2D eigenvalue weighted by Gasteiger charge is 2.20. The summed E-state index contributed by atoms with van der Waals surface area (Å²) in [5.74, 6) is 1.95. The van der Waals surface area contributed by atoms with Crippen molar-refractivity contribution in [3.8, 4) is 11.5 Å². The molecule has 3 heterocycles. The minimum Gasteiger partial charge on any atom is -0.508 e. The number of rotatable bonds is 2. The lowest BCUT2D eigenvalue weighted by atomic mass is 10.0. The lowest BCUT2D eigenvalue weighted by Crippen LogP contribution is -2.34. The quantitative estimate of drug-likeness (QED) is 0.922. The van der Waals surface area contributed by atoms with E-state index >= 15 is 0 Å². The van der Waals surface area contributed by atoms with Crippen LogP contribution in [-0.2, 0) is 13.0 Å². The Balaban J connectivity index is 1.50. The fraction of sp³-hybridized carbons (Fsp3) is 0.333. The van der Waals surface area contributed by atoms with E-state index in [1.165, 1.54) is 16.8 Å². The van der Waals surface area contributed by atoms with E-state index in [1.807, 2.05) is 19.2 Å². The molecule has 2 aromatic rings. The van der Waals surface area contributed by atoms with Crippen LogP contribution in [0, 0.1) is 6.92 Å². The number of phenolic OH excluding ortho intramolecular Hbond substituents is 1. The van der Waals surface area contributed by atoms with Crippen LogP contribution in [0.4, 0.5) is 0 Å². The van der Waals surface area contributed by atoms with Gasteiger partial charge in [-0.1, -0.05) is 0 Å². The summed E-state index contributed by atoms with van der Waals surface area (Å²) in [7, 11) is 0. The van der Waals surface area contributed by atoms with E-state index < -0.39 is 0 Å². The molecule has 1 N–H and O–H groups in total. The SMILES string of the molecule is Cc1ncc2c(n1)CCN(CC1=Cc3cc(O)ccc3OC1)C2. The number of hydrogen-bond acceptors (Lipinski definition) is 5. The summed E-state index contributed by atoms with van der Waals surface area (Å²) in [6.07, 6.45) is 5.03. The van der Waals surface area contributed by atoms with Crippen molar-refractivity contribution in [3.05, 3.63) is 52.6 Å². The Bertz CT molecular complexity index is 786.